The standard InChI is InChI=1S/C31H32N2O20P4/c1-2-46-22-13-15-23(16-14-22)54(38,39)51-56(42,43)53-57(44,45)52-55(40,41)47-19-24-26(49-29(35)20-9-5-3-6-10-20)27(50-30(36)21-11-7-4-8-12-21)28(48-24)33-18-17-25(34)32-31(33)37/h3-18,24,26-28H,2,19H2,1H3,(H,38,39)(H,40,41)(H,42,43)(H,44,45)(H,32,34,37)/p-4/t24-,26?,27+,28-/m1/s1. The molecule has 2 heterocycles. The van der Waals surface area contributed by atoms with Crippen LogP contribution >= 0.6 is 31.1 Å². The fourth-order valence-electron chi connectivity index (χ4n) is 5.03. The van der Waals surface area contributed by atoms with Crippen molar-refractivity contribution in [3.63, 3.8) is 0 Å². The van der Waals surface area contributed by atoms with Crippen LogP contribution in [0, 0.1) is 0 Å². The summed E-state index contributed by atoms with van der Waals surface area (Å²) >= 11 is 0. The lowest BCUT2D eigenvalue weighted by molar-refractivity contribution is -0.251. The molecule has 1 aromatic heterocycles. The Hall–Kier alpha value is -4.36. The number of aromatic nitrogens is 2. The highest BCUT2D eigenvalue weighted by molar-refractivity contribution is 7.71. The summed E-state index contributed by atoms with van der Waals surface area (Å²) in [6.07, 6.45) is -6.42. The molecule has 5 unspecified atom stereocenters. The fraction of sp³-hybridized carbons (Fsp3) is 0.226. The van der Waals surface area contributed by atoms with Crippen LogP contribution in [0.15, 0.2) is 107 Å². The number of rotatable bonds is 17. The molecule has 1 fully saturated rings. The number of hydrogen-bond acceptors (Lipinski definition) is 20. The summed E-state index contributed by atoms with van der Waals surface area (Å²) in [5.74, 6) is -1.94. The number of hydrogen-bond donors (Lipinski definition) is 1. The lowest BCUT2D eigenvalue weighted by Crippen LogP contribution is -2.43. The first kappa shape index (κ1) is 43.8. The second-order valence-electron chi connectivity index (χ2n) is 11.4. The van der Waals surface area contributed by atoms with E-state index in [9.17, 15) is 57.0 Å². The number of esters is 2. The Labute approximate surface area is 320 Å². The van der Waals surface area contributed by atoms with Crippen LogP contribution in [0.1, 0.15) is 33.9 Å². The van der Waals surface area contributed by atoms with E-state index in [1.165, 1.54) is 48.5 Å². The molecule has 3 aromatic carbocycles. The number of nitrogens with one attached hydrogen (secondary N) is 1. The van der Waals surface area contributed by atoms with Gasteiger partial charge in [0.05, 0.1) is 24.3 Å². The first-order chi connectivity index (χ1) is 26.8. The predicted octanol–water partition coefficient (Wildman–Crippen LogP) is 0.634. The summed E-state index contributed by atoms with van der Waals surface area (Å²) < 4.78 is 88.8. The number of carbonyl (C=O) groups is 2. The molecule has 0 bridgehead atoms. The van der Waals surface area contributed by atoms with E-state index in [1.54, 1.807) is 19.1 Å². The van der Waals surface area contributed by atoms with Crippen molar-refractivity contribution in [3.8, 4) is 5.75 Å². The van der Waals surface area contributed by atoms with Gasteiger partial charge >= 0.3 is 17.6 Å². The predicted molar refractivity (Wildman–Crippen MR) is 183 cm³/mol. The molecular weight excluding hydrogens is 844 g/mol. The number of phosphoric acid groups is 3. The van der Waals surface area contributed by atoms with Gasteiger partial charge in [-0.05, 0) is 55.5 Å². The number of carbonyl (C=O) groups excluding carboxylic acids is 2. The average molecular weight is 872 g/mol. The normalized spacial score (nSPS) is 22.2. The minimum absolute atomic E-state index is 0.0333. The van der Waals surface area contributed by atoms with E-state index >= 15 is 0 Å². The van der Waals surface area contributed by atoms with Gasteiger partial charge in [0.25, 0.3) is 29.0 Å². The second kappa shape index (κ2) is 18.1. The molecule has 5 rings (SSSR count). The number of benzene rings is 3. The number of phosphoric ester groups is 1. The van der Waals surface area contributed by atoms with E-state index in [0.717, 1.165) is 36.5 Å². The van der Waals surface area contributed by atoms with E-state index in [1.807, 2.05) is 4.98 Å². The molecule has 57 heavy (non-hydrogen) atoms. The monoisotopic (exact) mass is 872 g/mol. The summed E-state index contributed by atoms with van der Waals surface area (Å²) in [4.78, 5) is 103. The Morgan fingerprint density at radius 3 is 1.79 bits per heavy atom. The maximum atomic E-state index is 13.2. The Bertz CT molecular complexity index is 2370. The topological polar surface area (TPSA) is 323 Å². The Kier molecular flexibility index (Phi) is 13.9. The first-order valence-electron chi connectivity index (χ1n) is 16.0. The van der Waals surface area contributed by atoms with E-state index in [2.05, 4.69) is 17.5 Å². The molecule has 306 valence electrons. The second-order valence-corrected chi connectivity index (χ2v) is 17.8. The van der Waals surface area contributed by atoms with Gasteiger partial charge in [0.1, 0.15) is 11.9 Å². The fourth-order valence-corrected chi connectivity index (χ4v) is 10.2. The highest BCUT2D eigenvalue weighted by Crippen LogP contribution is 2.66. The van der Waals surface area contributed by atoms with Crippen molar-refractivity contribution >= 4 is 48.3 Å². The molecule has 0 saturated carbocycles. The van der Waals surface area contributed by atoms with E-state index < -0.39 is 90.7 Å². The van der Waals surface area contributed by atoms with Crippen LogP contribution in [-0.4, -0.2) is 53.0 Å². The maximum absolute atomic E-state index is 13.2. The van der Waals surface area contributed by atoms with Crippen molar-refractivity contribution in [3.05, 3.63) is 129 Å². The van der Waals surface area contributed by atoms with Crippen molar-refractivity contribution in [1.29, 1.82) is 0 Å². The third-order valence-electron chi connectivity index (χ3n) is 7.38. The Balaban J connectivity index is 1.37. The van der Waals surface area contributed by atoms with Gasteiger partial charge in [-0.15, -0.1) is 0 Å². The molecule has 8 atom stereocenters. The summed E-state index contributed by atoms with van der Waals surface area (Å²) in [5.41, 5.74) is -2.07. The zero-order chi connectivity index (χ0) is 41.6. The SMILES string of the molecule is CCOc1ccc(P(=O)([O-])OP(=O)([O-])OP(=O)([O-])OP(=O)([O-])OC[C@H]2O[C@@H](n3ccc(=O)[nH]c3=O)[C@@H](OC(=O)c3ccccc3)C2OC(=O)c2ccccc2)cc1. The summed E-state index contributed by atoms with van der Waals surface area (Å²) in [6, 6.07) is 19.3. The van der Waals surface area contributed by atoms with Gasteiger partial charge < -0.3 is 47.6 Å². The third-order valence-corrected chi connectivity index (χ3v) is 13.6. The van der Waals surface area contributed by atoms with Gasteiger partial charge in [0, 0.05) is 17.6 Å². The van der Waals surface area contributed by atoms with Crippen LogP contribution in [0.4, 0.5) is 0 Å². The minimum atomic E-state index is -6.61. The number of H-pyrrole nitrogens is 1. The Morgan fingerprint density at radius 1 is 0.719 bits per heavy atom. The van der Waals surface area contributed by atoms with Crippen LogP contribution < -0.4 is 40.9 Å². The third kappa shape index (κ3) is 11.8. The molecule has 0 radical (unpaired) electrons. The lowest BCUT2D eigenvalue weighted by atomic mass is 10.1. The number of nitrogens with zero attached hydrogens (tertiary/aromatic N) is 1. The number of aromatic amines is 1. The zero-order valence-electron chi connectivity index (χ0n) is 28.9. The summed E-state index contributed by atoms with van der Waals surface area (Å²) in [7, 11) is -25.0. The van der Waals surface area contributed by atoms with Gasteiger partial charge in [0.2, 0.25) is 0 Å². The van der Waals surface area contributed by atoms with Crippen LogP contribution in [0.3, 0.4) is 0 Å². The van der Waals surface area contributed by atoms with Crippen molar-refractivity contribution in [2.45, 2.75) is 31.5 Å². The average Bonchev–Trinajstić information content (AvgIpc) is 3.46. The maximum Gasteiger partial charge on any atom is 0.338 e. The molecule has 0 amide bonds. The Morgan fingerprint density at radius 2 is 1.25 bits per heavy atom. The molecule has 1 aliphatic rings. The molecule has 22 nitrogen and oxygen atoms in total. The van der Waals surface area contributed by atoms with Crippen molar-refractivity contribution in [1.82, 2.24) is 9.55 Å². The molecule has 1 N–H and O–H groups in total. The van der Waals surface area contributed by atoms with Crippen LogP contribution in [0.5, 0.6) is 5.75 Å². The van der Waals surface area contributed by atoms with Crippen molar-refractivity contribution < 1.29 is 83.8 Å². The molecule has 0 aliphatic carbocycles. The zero-order valence-corrected chi connectivity index (χ0v) is 32.4. The molecule has 4 aromatic rings. The highest BCUT2D eigenvalue weighted by Gasteiger charge is 2.51. The minimum Gasteiger partial charge on any atom is -0.775 e. The first-order valence-corrected chi connectivity index (χ1v) is 22.0. The smallest absolute Gasteiger partial charge is 0.338 e. The van der Waals surface area contributed by atoms with Crippen LogP contribution in [-0.2, 0) is 49.9 Å². The van der Waals surface area contributed by atoms with Gasteiger partial charge in [-0.25, -0.2) is 23.0 Å². The molecule has 26 heteroatoms. The van der Waals surface area contributed by atoms with Crippen molar-refractivity contribution in [2.24, 2.45) is 0 Å². The quantitative estimate of drug-likeness (QED) is 0.112. The molecular formula is C31H28N2O20P4-4. The van der Waals surface area contributed by atoms with Gasteiger partial charge in [0.15, 0.2) is 26.0 Å². The molecule has 0 spiro atoms. The number of ether oxygens (including phenoxy) is 4. The molecule has 1 saturated heterocycles. The van der Waals surface area contributed by atoms with Gasteiger partial charge in [-0.2, -0.15) is 0 Å². The van der Waals surface area contributed by atoms with E-state index in [4.69, 9.17) is 18.9 Å². The lowest BCUT2D eigenvalue weighted by Gasteiger charge is -2.37. The van der Waals surface area contributed by atoms with Crippen LogP contribution in [0.25, 0.3) is 0 Å². The van der Waals surface area contributed by atoms with Gasteiger partial charge in [-0.1, -0.05) is 36.4 Å². The van der Waals surface area contributed by atoms with E-state index in [-0.39, 0.29) is 23.5 Å². The summed E-state index contributed by atoms with van der Waals surface area (Å²) in [6.45, 7) is 0.496. The van der Waals surface area contributed by atoms with Crippen LogP contribution in [0.2, 0.25) is 0 Å². The van der Waals surface area contributed by atoms with Gasteiger partial charge in [-0.3, -0.25) is 32.4 Å². The summed E-state index contributed by atoms with van der Waals surface area (Å²) in [5, 5.41) is -0.764. The van der Waals surface area contributed by atoms with E-state index in [0.29, 0.717) is 4.57 Å². The molecule has 1 aliphatic heterocycles. The van der Waals surface area contributed by atoms with Crippen molar-refractivity contribution in [2.75, 3.05) is 13.2 Å². The highest BCUT2D eigenvalue weighted by atomic mass is 31.3. The largest absolute Gasteiger partial charge is 0.775 e.